The molecule has 0 saturated heterocycles. The zero-order valence-electron chi connectivity index (χ0n) is 7.39. The first-order valence-corrected chi connectivity index (χ1v) is 5.55. The van der Waals surface area contributed by atoms with Crippen LogP contribution in [0.1, 0.15) is 39.5 Å². The van der Waals surface area contributed by atoms with Gasteiger partial charge in [-0.2, -0.15) is 0 Å². The van der Waals surface area contributed by atoms with Crippen molar-refractivity contribution in [2.24, 2.45) is 5.92 Å². The summed E-state index contributed by atoms with van der Waals surface area (Å²) in [7, 11) is 0. The van der Waals surface area contributed by atoms with Crippen LogP contribution in [-0.4, -0.2) is 5.25 Å². The smallest absolute Gasteiger partial charge is 0.0126 e. The average molecular weight is 168 g/mol. The average Bonchev–Trinajstić information content (AvgIpc) is 2.30. The summed E-state index contributed by atoms with van der Waals surface area (Å²) in [5.41, 5.74) is 1.80. The van der Waals surface area contributed by atoms with Crippen molar-refractivity contribution in [2.75, 3.05) is 0 Å². The Kier molecular flexibility index (Phi) is 2.00. The molecule has 0 saturated carbocycles. The van der Waals surface area contributed by atoms with Crippen molar-refractivity contribution >= 4 is 11.8 Å². The van der Waals surface area contributed by atoms with Crippen molar-refractivity contribution in [3.05, 3.63) is 10.5 Å². The Morgan fingerprint density at radius 1 is 1.18 bits per heavy atom. The summed E-state index contributed by atoms with van der Waals surface area (Å²) >= 11 is 2.14. The van der Waals surface area contributed by atoms with E-state index < -0.39 is 0 Å². The largest absolute Gasteiger partial charge is 0.127 e. The molecule has 0 radical (unpaired) electrons. The maximum absolute atomic E-state index is 2.39. The molecule has 0 aromatic heterocycles. The molecule has 1 aliphatic carbocycles. The Balaban J connectivity index is 2.20. The number of thioether (sulfide) groups is 1. The van der Waals surface area contributed by atoms with Crippen LogP contribution in [0.2, 0.25) is 0 Å². The molecule has 1 heterocycles. The van der Waals surface area contributed by atoms with Crippen molar-refractivity contribution in [1.82, 2.24) is 0 Å². The summed E-state index contributed by atoms with van der Waals surface area (Å²) in [6, 6.07) is 0. The van der Waals surface area contributed by atoms with Crippen LogP contribution in [0.25, 0.3) is 0 Å². The fraction of sp³-hybridized carbons (Fsp3) is 0.800. The fourth-order valence-electron chi connectivity index (χ4n) is 2.13. The lowest BCUT2D eigenvalue weighted by Gasteiger charge is -2.15. The van der Waals surface area contributed by atoms with Gasteiger partial charge < -0.3 is 0 Å². The monoisotopic (exact) mass is 168 g/mol. The minimum absolute atomic E-state index is 0.859. The molecule has 2 atom stereocenters. The maximum atomic E-state index is 2.39. The van der Waals surface area contributed by atoms with Gasteiger partial charge in [-0.05, 0) is 36.5 Å². The third-order valence-corrected chi connectivity index (χ3v) is 4.57. The van der Waals surface area contributed by atoms with E-state index in [1.165, 1.54) is 25.7 Å². The Morgan fingerprint density at radius 3 is 2.64 bits per heavy atom. The van der Waals surface area contributed by atoms with E-state index >= 15 is 0 Å². The minimum atomic E-state index is 0.859. The van der Waals surface area contributed by atoms with E-state index in [2.05, 4.69) is 25.6 Å². The topological polar surface area (TPSA) is 0 Å². The van der Waals surface area contributed by atoms with Gasteiger partial charge in [0.05, 0.1) is 0 Å². The van der Waals surface area contributed by atoms with Gasteiger partial charge in [-0.25, -0.2) is 0 Å². The molecule has 2 unspecified atom stereocenters. The standard InChI is InChI=1S/C10H16S/c1-7-8(2)11-10-6-4-3-5-9(7)10/h7-8H,3-6H2,1-2H3. The highest BCUT2D eigenvalue weighted by atomic mass is 32.2. The fourth-order valence-corrected chi connectivity index (χ4v) is 3.65. The van der Waals surface area contributed by atoms with Crippen molar-refractivity contribution in [3.8, 4) is 0 Å². The molecule has 0 N–H and O–H groups in total. The number of hydrogen-bond acceptors (Lipinski definition) is 1. The van der Waals surface area contributed by atoms with Gasteiger partial charge in [-0.15, -0.1) is 11.8 Å². The van der Waals surface area contributed by atoms with Crippen LogP contribution in [0.15, 0.2) is 10.5 Å². The van der Waals surface area contributed by atoms with Crippen LogP contribution >= 0.6 is 11.8 Å². The highest BCUT2D eigenvalue weighted by molar-refractivity contribution is 8.03. The second-order valence-electron chi connectivity index (χ2n) is 3.77. The summed E-state index contributed by atoms with van der Waals surface area (Å²) in [6.45, 7) is 4.76. The highest BCUT2D eigenvalue weighted by Crippen LogP contribution is 2.48. The molecule has 2 rings (SSSR count). The van der Waals surface area contributed by atoms with Crippen LogP contribution in [0, 0.1) is 5.92 Å². The summed E-state index contributed by atoms with van der Waals surface area (Å²) < 4.78 is 0. The van der Waals surface area contributed by atoms with E-state index in [0.717, 1.165) is 11.2 Å². The Labute approximate surface area is 73.4 Å². The van der Waals surface area contributed by atoms with Crippen LogP contribution in [0.3, 0.4) is 0 Å². The summed E-state index contributed by atoms with van der Waals surface area (Å²) in [5, 5.41) is 0.859. The van der Waals surface area contributed by atoms with E-state index in [1.54, 1.807) is 10.5 Å². The molecule has 11 heavy (non-hydrogen) atoms. The molecule has 1 heteroatoms. The van der Waals surface area contributed by atoms with E-state index in [1.807, 2.05) is 0 Å². The third-order valence-electron chi connectivity index (χ3n) is 3.04. The van der Waals surface area contributed by atoms with Crippen LogP contribution in [0.4, 0.5) is 0 Å². The zero-order valence-corrected chi connectivity index (χ0v) is 8.21. The SMILES string of the molecule is CC1SC2=C(CCCC2)C1C. The van der Waals surface area contributed by atoms with Gasteiger partial charge in [0, 0.05) is 5.25 Å². The molecule has 0 fully saturated rings. The summed E-state index contributed by atoms with van der Waals surface area (Å²) in [6.07, 6.45) is 5.66. The predicted molar refractivity (Wildman–Crippen MR) is 51.7 cm³/mol. The molecule has 62 valence electrons. The van der Waals surface area contributed by atoms with Gasteiger partial charge in [0.2, 0.25) is 0 Å². The molecule has 0 aromatic carbocycles. The van der Waals surface area contributed by atoms with Gasteiger partial charge >= 0.3 is 0 Å². The molecule has 1 aliphatic heterocycles. The van der Waals surface area contributed by atoms with E-state index in [4.69, 9.17) is 0 Å². The molecule has 2 aliphatic rings. The maximum Gasteiger partial charge on any atom is 0.0126 e. The molecule has 0 aromatic rings. The second kappa shape index (κ2) is 2.85. The second-order valence-corrected chi connectivity index (χ2v) is 5.24. The van der Waals surface area contributed by atoms with Crippen molar-refractivity contribution in [1.29, 1.82) is 0 Å². The van der Waals surface area contributed by atoms with Crippen molar-refractivity contribution in [3.63, 3.8) is 0 Å². The van der Waals surface area contributed by atoms with E-state index in [9.17, 15) is 0 Å². The number of allylic oxidation sites excluding steroid dienone is 2. The molecular formula is C10H16S. The lowest BCUT2D eigenvalue weighted by molar-refractivity contribution is 0.596. The number of hydrogen-bond donors (Lipinski definition) is 0. The quantitative estimate of drug-likeness (QED) is 0.532. The summed E-state index contributed by atoms with van der Waals surface area (Å²) in [4.78, 5) is 1.75. The zero-order chi connectivity index (χ0) is 7.84. The minimum Gasteiger partial charge on any atom is -0.127 e. The first kappa shape index (κ1) is 7.72. The predicted octanol–water partition coefficient (Wildman–Crippen LogP) is 3.59. The van der Waals surface area contributed by atoms with E-state index in [0.29, 0.717) is 0 Å². The lowest BCUT2D eigenvalue weighted by Crippen LogP contribution is -2.07. The summed E-state index contributed by atoms with van der Waals surface area (Å²) in [5.74, 6) is 0.871. The normalized spacial score (nSPS) is 37.6. The Hall–Kier alpha value is 0.0900. The van der Waals surface area contributed by atoms with Crippen LogP contribution in [0.5, 0.6) is 0 Å². The molecule has 0 amide bonds. The van der Waals surface area contributed by atoms with Crippen LogP contribution in [-0.2, 0) is 0 Å². The lowest BCUT2D eigenvalue weighted by atomic mass is 9.89. The van der Waals surface area contributed by atoms with E-state index in [-0.39, 0.29) is 0 Å². The Morgan fingerprint density at radius 2 is 1.91 bits per heavy atom. The van der Waals surface area contributed by atoms with Gasteiger partial charge in [0.25, 0.3) is 0 Å². The van der Waals surface area contributed by atoms with Crippen molar-refractivity contribution in [2.45, 2.75) is 44.8 Å². The molecule has 0 spiro atoms. The van der Waals surface area contributed by atoms with Crippen LogP contribution < -0.4 is 0 Å². The first-order chi connectivity index (χ1) is 5.29. The molecule has 0 bridgehead atoms. The van der Waals surface area contributed by atoms with Gasteiger partial charge in [0.1, 0.15) is 0 Å². The highest BCUT2D eigenvalue weighted by Gasteiger charge is 2.29. The first-order valence-electron chi connectivity index (χ1n) is 4.67. The molecule has 0 nitrogen and oxygen atoms in total. The van der Waals surface area contributed by atoms with Gasteiger partial charge in [-0.1, -0.05) is 19.4 Å². The van der Waals surface area contributed by atoms with Gasteiger partial charge in [0.15, 0.2) is 0 Å². The molecular weight excluding hydrogens is 152 g/mol. The third kappa shape index (κ3) is 1.24. The van der Waals surface area contributed by atoms with Crippen molar-refractivity contribution < 1.29 is 0 Å². The Bertz CT molecular complexity index is 193. The number of rotatable bonds is 0. The van der Waals surface area contributed by atoms with Gasteiger partial charge in [-0.3, -0.25) is 0 Å².